The third-order valence-corrected chi connectivity index (χ3v) is 2.88. The first-order chi connectivity index (χ1) is 8.34. The first kappa shape index (κ1) is 10.2. The zero-order valence-electron chi connectivity index (χ0n) is 9.33. The monoisotopic (exact) mass is 231 g/mol. The van der Waals surface area contributed by atoms with Crippen molar-refractivity contribution in [1.29, 1.82) is 0 Å². The lowest BCUT2D eigenvalue weighted by Gasteiger charge is -2.27. The second kappa shape index (κ2) is 4.14. The summed E-state index contributed by atoms with van der Waals surface area (Å²) in [7, 11) is 0. The van der Waals surface area contributed by atoms with Crippen molar-refractivity contribution in [2.75, 3.05) is 26.2 Å². The second-order valence-corrected chi connectivity index (χ2v) is 3.99. The van der Waals surface area contributed by atoms with Crippen LogP contribution < -0.4 is 5.32 Å². The summed E-state index contributed by atoms with van der Waals surface area (Å²) < 4.78 is 1.65. The number of carbonyl (C=O) groups is 1. The topological polar surface area (TPSA) is 62.5 Å². The van der Waals surface area contributed by atoms with Crippen molar-refractivity contribution in [2.24, 2.45) is 0 Å². The molecule has 0 aliphatic carbocycles. The van der Waals surface area contributed by atoms with Gasteiger partial charge in [-0.25, -0.2) is 9.50 Å². The molecule has 6 nitrogen and oxygen atoms in total. The summed E-state index contributed by atoms with van der Waals surface area (Å²) >= 11 is 0. The van der Waals surface area contributed by atoms with Crippen LogP contribution in [0.25, 0.3) is 5.65 Å². The lowest BCUT2D eigenvalue weighted by atomic mass is 10.3. The average molecular weight is 231 g/mol. The van der Waals surface area contributed by atoms with Crippen LogP contribution in [-0.4, -0.2) is 51.6 Å². The Kier molecular flexibility index (Phi) is 2.49. The molecule has 0 atom stereocenters. The molecular weight excluding hydrogens is 218 g/mol. The Bertz CT molecular complexity index is 544. The fourth-order valence-electron chi connectivity index (χ4n) is 1.96. The highest BCUT2D eigenvalue weighted by Gasteiger charge is 2.19. The van der Waals surface area contributed by atoms with Gasteiger partial charge < -0.3 is 10.2 Å². The maximum atomic E-state index is 12.2. The molecule has 1 N–H and O–H groups in total. The Morgan fingerprint density at radius 3 is 2.94 bits per heavy atom. The molecule has 0 bridgehead atoms. The number of carbonyl (C=O) groups excluding carboxylic acids is 1. The molecule has 0 spiro atoms. The summed E-state index contributed by atoms with van der Waals surface area (Å²) in [5.41, 5.74) is 1.19. The highest BCUT2D eigenvalue weighted by atomic mass is 16.2. The van der Waals surface area contributed by atoms with Gasteiger partial charge in [-0.05, 0) is 6.07 Å². The van der Waals surface area contributed by atoms with Crippen molar-refractivity contribution >= 4 is 11.6 Å². The van der Waals surface area contributed by atoms with Crippen molar-refractivity contribution in [3.05, 3.63) is 30.2 Å². The van der Waals surface area contributed by atoms with Gasteiger partial charge in [0, 0.05) is 38.4 Å². The van der Waals surface area contributed by atoms with E-state index < -0.39 is 0 Å². The number of hydrogen-bond donors (Lipinski definition) is 1. The molecule has 6 heteroatoms. The van der Waals surface area contributed by atoms with E-state index in [1.807, 2.05) is 4.90 Å². The van der Waals surface area contributed by atoms with Crippen LogP contribution >= 0.6 is 0 Å². The van der Waals surface area contributed by atoms with Crippen LogP contribution in [0.4, 0.5) is 0 Å². The first-order valence-corrected chi connectivity index (χ1v) is 5.65. The summed E-state index contributed by atoms with van der Waals surface area (Å²) in [4.78, 5) is 18.3. The lowest BCUT2D eigenvalue weighted by molar-refractivity contribution is 0.0730. The van der Waals surface area contributed by atoms with Crippen LogP contribution in [-0.2, 0) is 0 Å². The summed E-state index contributed by atoms with van der Waals surface area (Å²) in [6.45, 7) is 3.18. The fourth-order valence-corrected chi connectivity index (χ4v) is 1.96. The van der Waals surface area contributed by atoms with Crippen molar-refractivity contribution in [2.45, 2.75) is 0 Å². The Morgan fingerprint density at radius 2 is 2.12 bits per heavy atom. The predicted molar refractivity (Wildman–Crippen MR) is 61.8 cm³/mol. The quantitative estimate of drug-likeness (QED) is 0.736. The highest BCUT2D eigenvalue weighted by molar-refractivity contribution is 5.92. The van der Waals surface area contributed by atoms with Crippen molar-refractivity contribution in [3.63, 3.8) is 0 Å². The average Bonchev–Trinajstić information content (AvgIpc) is 2.86. The van der Waals surface area contributed by atoms with Crippen LogP contribution in [0.5, 0.6) is 0 Å². The maximum absolute atomic E-state index is 12.2. The number of aromatic nitrogens is 3. The molecule has 1 aliphatic rings. The third-order valence-electron chi connectivity index (χ3n) is 2.88. The van der Waals surface area contributed by atoms with Gasteiger partial charge >= 0.3 is 0 Å². The van der Waals surface area contributed by atoms with E-state index in [2.05, 4.69) is 15.4 Å². The van der Waals surface area contributed by atoms with Crippen molar-refractivity contribution < 1.29 is 4.79 Å². The SMILES string of the molecule is O=C(c1ccn2nccc2n1)N1CCNCC1. The van der Waals surface area contributed by atoms with Gasteiger partial charge in [-0.15, -0.1) is 0 Å². The molecule has 1 saturated heterocycles. The van der Waals surface area contributed by atoms with Gasteiger partial charge in [0.15, 0.2) is 5.65 Å². The smallest absolute Gasteiger partial charge is 0.272 e. The predicted octanol–water partition coefficient (Wildman–Crippen LogP) is -0.225. The highest BCUT2D eigenvalue weighted by Crippen LogP contribution is 2.05. The van der Waals surface area contributed by atoms with E-state index in [4.69, 9.17) is 0 Å². The molecule has 2 aromatic rings. The van der Waals surface area contributed by atoms with Gasteiger partial charge in [0.05, 0.1) is 6.20 Å². The second-order valence-electron chi connectivity index (χ2n) is 3.99. The number of amides is 1. The molecule has 3 rings (SSSR count). The van der Waals surface area contributed by atoms with Crippen LogP contribution in [0.15, 0.2) is 24.5 Å². The largest absolute Gasteiger partial charge is 0.335 e. The molecule has 3 heterocycles. The minimum Gasteiger partial charge on any atom is -0.335 e. The lowest BCUT2D eigenvalue weighted by Crippen LogP contribution is -2.46. The molecule has 1 fully saturated rings. The minimum absolute atomic E-state index is 0.00444. The van der Waals surface area contributed by atoms with E-state index >= 15 is 0 Å². The molecule has 2 aromatic heterocycles. The molecule has 17 heavy (non-hydrogen) atoms. The normalized spacial score (nSPS) is 16.4. The number of nitrogens with one attached hydrogen (secondary N) is 1. The van der Waals surface area contributed by atoms with Crippen LogP contribution in [0.2, 0.25) is 0 Å². The number of nitrogens with zero attached hydrogens (tertiary/aromatic N) is 4. The van der Waals surface area contributed by atoms with Crippen LogP contribution in [0.1, 0.15) is 10.5 Å². The van der Waals surface area contributed by atoms with E-state index in [1.54, 1.807) is 29.0 Å². The molecule has 1 amide bonds. The van der Waals surface area contributed by atoms with Crippen molar-refractivity contribution in [1.82, 2.24) is 24.8 Å². The Balaban J connectivity index is 1.88. The van der Waals surface area contributed by atoms with E-state index in [1.165, 1.54) is 0 Å². The fraction of sp³-hybridized carbons (Fsp3) is 0.364. The molecular formula is C11H13N5O. The van der Waals surface area contributed by atoms with E-state index in [-0.39, 0.29) is 5.91 Å². The minimum atomic E-state index is -0.00444. The summed E-state index contributed by atoms with van der Waals surface area (Å²) in [6, 6.07) is 3.50. The molecule has 1 aliphatic heterocycles. The number of piperazine rings is 1. The summed E-state index contributed by atoms with van der Waals surface area (Å²) in [5.74, 6) is -0.00444. The number of hydrogen-bond acceptors (Lipinski definition) is 4. The third kappa shape index (κ3) is 1.87. The summed E-state index contributed by atoms with van der Waals surface area (Å²) in [5, 5.41) is 7.27. The molecule has 0 unspecified atom stereocenters. The first-order valence-electron chi connectivity index (χ1n) is 5.65. The zero-order chi connectivity index (χ0) is 11.7. The molecule has 0 aromatic carbocycles. The van der Waals surface area contributed by atoms with Gasteiger partial charge in [-0.3, -0.25) is 4.79 Å². The van der Waals surface area contributed by atoms with Crippen LogP contribution in [0.3, 0.4) is 0 Å². The van der Waals surface area contributed by atoms with Crippen LogP contribution in [0, 0.1) is 0 Å². The van der Waals surface area contributed by atoms with Gasteiger partial charge in [-0.1, -0.05) is 0 Å². The zero-order valence-corrected chi connectivity index (χ0v) is 9.33. The van der Waals surface area contributed by atoms with Crippen molar-refractivity contribution in [3.8, 4) is 0 Å². The molecule has 0 saturated carbocycles. The van der Waals surface area contributed by atoms with Gasteiger partial charge in [0.1, 0.15) is 5.69 Å². The van der Waals surface area contributed by atoms with Gasteiger partial charge in [-0.2, -0.15) is 5.10 Å². The maximum Gasteiger partial charge on any atom is 0.272 e. The molecule has 0 radical (unpaired) electrons. The molecule has 88 valence electrons. The van der Waals surface area contributed by atoms with E-state index in [9.17, 15) is 4.79 Å². The Hall–Kier alpha value is -1.95. The number of fused-ring (bicyclic) bond motifs is 1. The summed E-state index contributed by atoms with van der Waals surface area (Å²) in [6.07, 6.45) is 3.43. The van der Waals surface area contributed by atoms with Gasteiger partial charge in [0.25, 0.3) is 5.91 Å². The van der Waals surface area contributed by atoms with Gasteiger partial charge in [0.2, 0.25) is 0 Å². The Morgan fingerprint density at radius 1 is 1.29 bits per heavy atom. The number of rotatable bonds is 1. The van der Waals surface area contributed by atoms with E-state index in [0.717, 1.165) is 26.2 Å². The standard InChI is InChI=1S/C11H13N5O/c17-11(15-7-4-12-5-8-15)9-2-6-16-10(14-9)1-3-13-16/h1-3,6,12H,4-5,7-8H2. The van der Waals surface area contributed by atoms with E-state index in [0.29, 0.717) is 11.3 Å². The Labute approximate surface area is 98.2 Å².